The molecule has 0 unspecified atom stereocenters. The molecular weight excluding hydrogens is 799 g/mol. The summed E-state index contributed by atoms with van der Waals surface area (Å²) in [5, 5.41) is 0. The topological polar surface area (TPSA) is 180 Å². The van der Waals surface area contributed by atoms with E-state index in [0.717, 1.165) is 4.90 Å². The number of carbonyl (C=O) groups is 8. The van der Waals surface area contributed by atoms with Gasteiger partial charge in [-0.1, -0.05) is 71.9 Å². The lowest BCUT2D eigenvalue weighted by molar-refractivity contribution is -0.174. The lowest BCUT2D eigenvalue weighted by Crippen LogP contribution is -2.57. The summed E-state index contributed by atoms with van der Waals surface area (Å²) in [5.74, 6) is -5.67. The maximum absolute atomic E-state index is 14.5. The number of amides is 5. The molecule has 8 atom stereocenters. The van der Waals surface area contributed by atoms with Crippen molar-refractivity contribution >= 4 is 47.4 Å². The van der Waals surface area contributed by atoms with E-state index in [2.05, 4.69) is 0 Å². The molecule has 0 N–H and O–H groups in total. The third-order valence-electron chi connectivity index (χ3n) is 12.1. The normalized spacial score (nSPS) is 28.4. The molecule has 0 aromatic heterocycles. The van der Waals surface area contributed by atoms with Crippen LogP contribution in [0, 0.1) is 17.8 Å². The molecule has 16 nitrogen and oxygen atoms in total. The minimum atomic E-state index is -1.44. The van der Waals surface area contributed by atoms with Crippen molar-refractivity contribution in [3.05, 3.63) is 35.9 Å². The fourth-order valence-corrected chi connectivity index (χ4v) is 8.63. The van der Waals surface area contributed by atoms with Crippen molar-refractivity contribution in [1.29, 1.82) is 0 Å². The molecule has 0 saturated carbocycles. The summed E-state index contributed by atoms with van der Waals surface area (Å²) in [6.45, 7) is 14.6. The van der Waals surface area contributed by atoms with E-state index < -0.39 is 96.0 Å². The summed E-state index contributed by atoms with van der Waals surface area (Å²) >= 11 is 0. The van der Waals surface area contributed by atoms with E-state index >= 15 is 0 Å². The molecule has 62 heavy (non-hydrogen) atoms. The summed E-state index contributed by atoms with van der Waals surface area (Å²) in [4.78, 5) is 120. The minimum Gasteiger partial charge on any atom is -0.451 e. The number of hydrogen-bond acceptors (Lipinski definition) is 11. The largest absolute Gasteiger partial charge is 0.451 e. The number of hydrogen-bond donors (Lipinski definition) is 0. The third-order valence-corrected chi connectivity index (χ3v) is 12.1. The number of carbonyl (C=O) groups excluding carboxylic acids is 8. The zero-order valence-corrected chi connectivity index (χ0v) is 38.5. The molecule has 3 fully saturated rings. The summed E-state index contributed by atoms with van der Waals surface area (Å²) in [5.41, 5.74) is 0.668. The Morgan fingerprint density at radius 3 is 1.45 bits per heavy atom. The van der Waals surface area contributed by atoms with E-state index in [1.807, 2.05) is 41.5 Å². The number of fused-ring (bicyclic) bond motifs is 2. The second kappa shape index (κ2) is 21.9. The van der Waals surface area contributed by atoms with Crippen LogP contribution in [0.3, 0.4) is 0 Å². The van der Waals surface area contributed by atoms with E-state index in [9.17, 15) is 38.4 Å². The van der Waals surface area contributed by atoms with Crippen molar-refractivity contribution in [3.63, 3.8) is 0 Å². The van der Waals surface area contributed by atoms with Crippen LogP contribution in [0.25, 0.3) is 0 Å². The van der Waals surface area contributed by atoms with Crippen molar-refractivity contribution in [3.8, 4) is 0 Å². The van der Waals surface area contributed by atoms with Crippen molar-refractivity contribution in [1.82, 2.24) is 24.5 Å². The first-order valence-corrected chi connectivity index (χ1v) is 22.2. The van der Waals surface area contributed by atoms with E-state index in [1.165, 1.54) is 54.6 Å². The Balaban J connectivity index is 1.80. The lowest BCUT2D eigenvalue weighted by Gasteiger charge is -2.37. The van der Waals surface area contributed by atoms with Gasteiger partial charge >= 0.3 is 17.9 Å². The molecule has 5 amide bonds. The van der Waals surface area contributed by atoms with Crippen molar-refractivity contribution < 1.29 is 52.6 Å². The molecule has 3 heterocycles. The SMILES string of the molecule is CC(C)C[C@H]1C(=O)O[C@H](Cc2ccccc2)C(=O)N(C)[C@@H](CC(C)C)C(=O)O[C@H](C)C(=O)N(C)[C@@H](CC(C)C)C(=O)N2CCC[C@@H]2C(=O)N2CCC[C@H]2C(=O)O[C@H](C)C(=O)N1C. The van der Waals surface area contributed by atoms with E-state index in [1.54, 1.807) is 30.3 Å². The van der Waals surface area contributed by atoms with Crippen LogP contribution in [0.4, 0.5) is 0 Å². The fourth-order valence-electron chi connectivity index (χ4n) is 8.63. The number of nitrogens with zero attached hydrogens (tertiary/aromatic N) is 5. The highest BCUT2D eigenvalue weighted by atomic mass is 16.6. The summed E-state index contributed by atoms with van der Waals surface area (Å²) in [6, 6.07) is 3.61. The van der Waals surface area contributed by atoms with Gasteiger partial charge in [-0.15, -0.1) is 0 Å². The second-order valence-electron chi connectivity index (χ2n) is 18.4. The molecule has 3 aliphatic heterocycles. The molecule has 1 aromatic rings. The fraction of sp³-hybridized carbons (Fsp3) is 0.696. The first kappa shape index (κ1) is 49.6. The van der Waals surface area contributed by atoms with Crippen LogP contribution in [0.5, 0.6) is 0 Å². The van der Waals surface area contributed by atoms with Crippen LogP contribution in [0.1, 0.15) is 106 Å². The van der Waals surface area contributed by atoms with E-state index in [0.29, 0.717) is 24.8 Å². The van der Waals surface area contributed by atoms with Crippen LogP contribution >= 0.6 is 0 Å². The molecule has 344 valence electrons. The van der Waals surface area contributed by atoms with Gasteiger partial charge in [-0.3, -0.25) is 24.0 Å². The Morgan fingerprint density at radius 2 is 0.935 bits per heavy atom. The van der Waals surface area contributed by atoms with Gasteiger partial charge in [-0.25, -0.2) is 14.4 Å². The van der Waals surface area contributed by atoms with Gasteiger partial charge in [0.05, 0.1) is 0 Å². The van der Waals surface area contributed by atoms with Gasteiger partial charge in [0.15, 0.2) is 18.3 Å². The molecule has 3 saturated heterocycles. The first-order valence-electron chi connectivity index (χ1n) is 22.2. The minimum absolute atomic E-state index is 0.0456. The maximum atomic E-state index is 14.5. The predicted octanol–water partition coefficient (Wildman–Crippen LogP) is 3.62. The van der Waals surface area contributed by atoms with Crippen LogP contribution in [-0.4, -0.2) is 155 Å². The second-order valence-corrected chi connectivity index (χ2v) is 18.4. The maximum Gasteiger partial charge on any atom is 0.329 e. The van der Waals surface area contributed by atoms with Crippen molar-refractivity contribution in [2.24, 2.45) is 17.8 Å². The number of rotatable bonds is 8. The third kappa shape index (κ3) is 12.1. The number of benzene rings is 1. The first-order chi connectivity index (χ1) is 29.1. The quantitative estimate of drug-likeness (QED) is 0.275. The van der Waals surface area contributed by atoms with Gasteiger partial charge in [-0.2, -0.15) is 0 Å². The molecule has 16 heteroatoms. The Hall–Kier alpha value is -5.02. The molecule has 0 spiro atoms. The molecular formula is C46H69N5O11. The summed E-state index contributed by atoms with van der Waals surface area (Å²) in [7, 11) is 4.29. The van der Waals surface area contributed by atoms with Crippen LogP contribution in [0.15, 0.2) is 30.3 Å². The van der Waals surface area contributed by atoms with Gasteiger partial charge in [-0.05, 0) is 82.1 Å². The number of likely N-dealkylation sites (N-methyl/N-ethyl adjacent to an activating group) is 3. The molecule has 0 aliphatic carbocycles. The summed E-state index contributed by atoms with van der Waals surface area (Å²) in [6.07, 6.45) is -2.01. The van der Waals surface area contributed by atoms with Gasteiger partial charge < -0.3 is 38.7 Å². The van der Waals surface area contributed by atoms with Crippen LogP contribution < -0.4 is 0 Å². The Labute approximate surface area is 366 Å². The average molecular weight is 868 g/mol. The molecule has 3 aliphatic rings. The molecule has 4 rings (SSSR count). The van der Waals surface area contributed by atoms with E-state index in [-0.39, 0.29) is 62.9 Å². The zero-order valence-electron chi connectivity index (χ0n) is 38.5. The highest BCUT2D eigenvalue weighted by Gasteiger charge is 2.46. The standard InChI is InChI=1S/C46H69N5O11/c1-27(2)23-35-42(55)50-21-15-19-33(50)41(54)51-22-16-20-34(51)44(57)60-31(8)40(53)48(10)37(25-29(5)6)46(59)62-38(26-32-17-13-12-14-18-32)43(56)49(11)36(24-28(3)4)45(58)61-30(7)39(52)47(35)9/h12-14,17-18,27-31,33-38H,15-16,19-26H2,1-11H3/t30-,31-,33-,34+,35+,36+,37+,38-/m1/s1. The smallest absolute Gasteiger partial charge is 0.329 e. The summed E-state index contributed by atoms with van der Waals surface area (Å²) < 4.78 is 17.6. The average Bonchev–Trinajstić information content (AvgIpc) is 3.92. The van der Waals surface area contributed by atoms with Crippen molar-refractivity contribution in [2.75, 3.05) is 34.2 Å². The Bertz CT molecular complexity index is 1790. The van der Waals surface area contributed by atoms with Gasteiger partial charge in [0, 0.05) is 40.7 Å². The monoisotopic (exact) mass is 867 g/mol. The molecule has 1 aromatic carbocycles. The zero-order chi connectivity index (χ0) is 46.2. The van der Waals surface area contributed by atoms with E-state index in [4.69, 9.17) is 14.2 Å². The Kier molecular flexibility index (Phi) is 17.5. The van der Waals surface area contributed by atoms with Crippen LogP contribution in [-0.2, 0) is 59.0 Å². The van der Waals surface area contributed by atoms with Crippen LogP contribution in [0.2, 0.25) is 0 Å². The Morgan fingerprint density at radius 1 is 0.516 bits per heavy atom. The molecule has 0 bridgehead atoms. The van der Waals surface area contributed by atoms with Gasteiger partial charge in [0.1, 0.15) is 30.2 Å². The van der Waals surface area contributed by atoms with Gasteiger partial charge in [0.2, 0.25) is 11.8 Å². The highest BCUT2D eigenvalue weighted by Crippen LogP contribution is 2.29. The predicted molar refractivity (Wildman–Crippen MR) is 229 cm³/mol. The highest BCUT2D eigenvalue weighted by molar-refractivity contribution is 5.96. The molecule has 0 radical (unpaired) electrons. The van der Waals surface area contributed by atoms with Crippen molar-refractivity contribution in [2.45, 2.75) is 155 Å². The number of ether oxygens (including phenoxy) is 3. The number of cyclic esters (lactones) is 3. The number of esters is 3. The lowest BCUT2D eigenvalue weighted by atomic mass is 10.00. The van der Waals surface area contributed by atoms with Gasteiger partial charge in [0.25, 0.3) is 17.7 Å².